The summed E-state index contributed by atoms with van der Waals surface area (Å²) in [5.74, 6) is -1.09. The molecular weight excluding hydrogens is 374 g/mol. The molecule has 2 rings (SSSR count). The molecule has 29 heavy (non-hydrogen) atoms. The van der Waals surface area contributed by atoms with Crippen LogP contribution in [0.25, 0.3) is 0 Å². The van der Waals surface area contributed by atoms with Crippen molar-refractivity contribution >= 4 is 23.7 Å². The predicted octanol–water partition coefficient (Wildman–Crippen LogP) is 1.28. The van der Waals surface area contributed by atoms with Gasteiger partial charge in [0, 0.05) is 31.1 Å². The van der Waals surface area contributed by atoms with Crippen LogP contribution in [0.5, 0.6) is 5.75 Å². The molecule has 0 aliphatic rings. The lowest BCUT2D eigenvalue weighted by Crippen LogP contribution is -2.38. The van der Waals surface area contributed by atoms with Gasteiger partial charge in [0.15, 0.2) is 0 Å². The number of carbonyl (C=O) groups excluding carboxylic acids is 4. The third-order valence-corrected chi connectivity index (χ3v) is 3.76. The summed E-state index contributed by atoms with van der Waals surface area (Å²) < 4.78 is 4.95. The van der Waals surface area contributed by atoms with Crippen molar-refractivity contribution in [2.24, 2.45) is 0 Å². The summed E-state index contributed by atoms with van der Waals surface area (Å²) in [6.07, 6.45) is 0.522. The van der Waals surface area contributed by atoms with Crippen LogP contribution >= 0.6 is 0 Å². The highest BCUT2D eigenvalue weighted by Gasteiger charge is 2.09. The number of rotatable bonds is 9. The molecule has 0 fully saturated rings. The van der Waals surface area contributed by atoms with Crippen LogP contribution in [0, 0.1) is 0 Å². The molecule has 3 N–H and O–H groups in total. The standard InChI is InChI=1S/C21H23N3O5/c1-15(25)29-18-10-5-9-17(13-18)21(28)23-12-6-11-22-19(26)14-24-20(27)16-7-3-2-4-8-16/h2-5,7-10,13H,6,11-12,14H2,1H3,(H,22,26)(H,23,28)(H,24,27). The smallest absolute Gasteiger partial charge is 0.308 e. The number of amides is 3. The highest BCUT2D eigenvalue weighted by molar-refractivity contribution is 5.96. The molecule has 0 radical (unpaired) electrons. The Labute approximate surface area is 168 Å². The summed E-state index contributed by atoms with van der Waals surface area (Å²) in [6, 6.07) is 14.9. The number of carbonyl (C=O) groups is 4. The van der Waals surface area contributed by atoms with Crippen molar-refractivity contribution in [2.45, 2.75) is 13.3 Å². The largest absolute Gasteiger partial charge is 0.427 e. The van der Waals surface area contributed by atoms with E-state index in [1.807, 2.05) is 0 Å². The second kappa shape index (κ2) is 11.2. The van der Waals surface area contributed by atoms with Gasteiger partial charge in [-0.05, 0) is 36.8 Å². The van der Waals surface area contributed by atoms with Crippen LogP contribution in [0.15, 0.2) is 54.6 Å². The maximum absolute atomic E-state index is 12.1. The van der Waals surface area contributed by atoms with Crippen LogP contribution in [-0.4, -0.2) is 43.3 Å². The first-order valence-corrected chi connectivity index (χ1v) is 9.12. The second-order valence-electron chi connectivity index (χ2n) is 6.13. The molecule has 3 amide bonds. The minimum atomic E-state index is -0.460. The molecule has 0 atom stereocenters. The van der Waals surface area contributed by atoms with Gasteiger partial charge in [-0.3, -0.25) is 19.2 Å². The number of nitrogens with one attached hydrogen (secondary N) is 3. The normalized spacial score (nSPS) is 9.97. The molecule has 8 heteroatoms. The zero-order chi connectivity index (χ0) is 21.1. The highest BCUT2D eigenvalue weighted by Crippen LogP contribution is 2.13. The maximum Gasteiger partial charge on any atom is 0.308 e. The molecule has 0 unspecified atom stereocenters. The highest BCUT2D eigenvalue weighted by atomic mass is 16.5. The SMILES string of the molecule is CC(=O)Oc1cccc(C(=O)NCCCNC(=O)CNC(=O)c2ccccc2)c1. The van der Waals surface area contributed by atoms with Crippen molar-refractivity contribution in [3.63, 3.8) is 0 Å². The molecule has 0 aliphatic heterocycles. The van der Waals surface area contributed by atoms with Crippen molar-refractivity contribution in [2.75, 3.05) is 19.6 Å². The quantitative estimate of drug-likeness (QED) is 0.335. The van der Waals surface area contributed by atoms with Crippen LogP contribution in [0.4, 0.5) is 0 Å². The van der Waals surface area contributed by atoms with Crippen LogP contribution in [0.1, 0.15) is 34.1 Å². The molecule has 2 aromatic rings. The number of hydrogen-bond acceptors (Lipinski definition) is 5. The first-order valence-electron chi connectivity index (χ1n) is 9.12. The molecule has 0 saturated carbocycles. The fourth-order valence-corrected chi connectivity index (χ4v) is 2.40. The van der Waals surface area contributed by atoms with Crippen LogP contribution < -0.4 is 20.7 Å². The summed E-state index contributed by atoms with van der Waals surface area (Å²) >= 11 is 0. The van der Waals surface area contributed by atoms with E-state index in [4.69, 9.17) is 4.74 Å². The molecular formula is C21H23N3O5. The number of hydrogen-bond donors (Lipinski definition) is 3. The van der Waals surface area contributed by atoms with Gasteiger partial charge in [-0.2, -0.15) is 0 Å². The van der Waals surface area contributed by atoms with Gasteiger partial charge < -0.3 is 20.7 Å². The third kappa shape index (κ3) is 7.84. The lowest BCUT2D eigenvalue weighted by atomic mass is 10.2. The maximum atomic E-state index is 12.1. The van der Waals surface area contributed by atoms with Crippen molar-refractivity contribution < 1.29 is 23.9 Å². The summed E-state index contributed by atoms with van der Waals surface area (Å²) in [5.41, 5.74) is 0.859. The first kappa shape index (κ1) is 21.6. The predicted molar refractivity (Wildman–Crippen MR) is 106 cm³/mol. The zero-order valence-corrected chi connectivity index (χ0v) is 16.1. The van der Waals surface area contributed by atoms with Crippen LogP contribution in [-0.2, 0) is 9.59 Å². The van der Waals surface area contributed by atoms with Gasteiger partial charge in [-0.25, -0.2) is 0 Å². The van der Waals surface area contributed by atoms with Gasteiger partial charge in [0.05, 0.1) is 6.54 Å². The zero-order valence-electron chi connectivity index (χ0n) is 16.1. The molecule has 0 saturated heterocycles. The lowest BCUT2D eigenvalue weighted by Gasteiger charge is -2.09. The van der Waals surface area contributed by atoms with Gasteiger partial charge in [0.2, 0.25) is 5.91 Å². The Morgan fingerprint density at radius 2 is 1.45 bits per heavy atom. The van der Waals surface area contributed by atoms with E-state index in [0.29, 0.717) is 36.4 Å². The average Bonchev–Trinajstić information content (AvgIpc) is 2.72. The van der Waals surface area contributed by atoms with Gasteiger partial charge in [-0.15, -0.1) is 0 Å². The summed E-state index contributed by atoms with van der Waals surface area (Å²) in [5, 5.41) is 7.94. The lowest BCUT2D eigenvalue weighted by molar-refractivity contribution is -0.131. The molecule has 0 aliphatic carbocycles. The molecule has 152 valence electrons. The van der Waals surface area contributed by atoms with Crippen LogP contribution in [0.3, 0.4) is 0 Å². The number of esters is 1. The van der Waals surface area contributed by atoms with Crippen molar-refractivity contribution in [1.29, 1.82) is 0 Å². The monoisotopic (exact) mass is 397 g/mol. The van der Waals surface area contributed by atoms with E-state index in [1.54, 1.807) is 48.5 Å². The van der Waals surface area contributed by atoms with Crippen LogP contribution in [0.2, 0.25) is 0 Å². The number of benzene rings is 2. The Hall–Kier alpha value is -3.68. The molecule has 0 spiro atoms. The van der Waals surface area contributed by atoms with E-state index in [-0.39, 0.29) is 24.3 Å². The Kier molecular flexibility index (Phi) is 8.37. The minimum Gasteiger partial charge on any atom is -0.427 e. The van der Waals surface area contributed by atoms with Gasteiger partial charge in [0.25, 0.3) is 11.8 Å². The fourth-order valence-electron chi connectivity index (χ4n) is 2.40. The number of ether oxygens (including phenoxy) is 1. The van der Waals surface area contributed by atoms with E-state index < -0.39 is 5.97 Å². The van der Waals surface area contributed by atoms with E-state index in [9.17, 15) is 19.2 Å². The average molecular weight is 397 g/mol. The molecule has 2 aromatic carbocycles. The topological polar surface area (TPSA) is 114 Å². The van der Waals surface area contributed by atoms with E-state index in [0.717, 1.165) is 0 Å². The molecule has 0 aromatic heterocycles. The molecule has 0 bridgehead atoms. The fraction of sp³-hybridized carbons (Fsp3) is 0.238. The van der Waals surface area contributed by atoms with E-state index in [1.165, 1.54) is 13.0 Å². The van der Waals surface area contributed by atoms with Gasteiger partial charge in [0.1, 0.15) is 5.75 Å². The van der Waals surface area contributed by atoms with Crippen molar-refractivity contribution in [3.8, 4) is 5.75 Å². The molecule has 0 heterocycles. The summed E-state index contributed by atoms with van der Waals surface area (Å²) in [6.45, 7) is 1.87. The van der Waals surface area contributed by atoms with E-state index in [2.05, 4.69) is 16.0 Å². The first-order chi connectivity index (χ1) is 14.0. The van der Waals surface area contributed by atoms with Crippen molar-refractivity contribution in [3.05, 3.63) is 65.7 Å². The minimum absolute atomic E-state index is 0.122. The molecule has 8 nitrogen and oxygen atoms in total. The van der Waals surface area contributed by atoms with Gasteiger partial charge >= 0.3 is 5.97 Å². The third-order valence-electron chi connectivity index (χ3n) is 3.76. The Bertz CT molecular complexity index is 868. The summed E-state index contributed by atoms with van der Waals surface area (Å²) in [7, 11) is 0. The Morgan fingerprint density at radius 3 is 2.17 bits per heavy atom. The summed E-state index contributed by atoms with van der Waals surface area (Å²) in [4.78, 5) is 46.7. The Morgan fingerprint density at radius 1 is 0.793 bits per heavy atom. The Balaban J connectivity index is 1.62. The van der Waals surface area contributed by atoms with Gasteiger partial charge in [-0.1, -0.05) is 24.3 Å². The second-order valence-corrected chi connectivity index (χ2v) is 6.13. The van der Waals surface area contributed by atoms with Crippen molar-refractivity contribution in [1.82, 2.24) is 16.0 Å². The van der Waals surface area contributed by atoms with E-state index >= 15 is 0 Å².